The number of nitrogens with zero attached hydrogens (tertiary/aromatic N) is 4. The summed E-state index contributed by atoms with van der Waals surface area (Å²) >= 11 is 0. The summed E-state index contributed by atoms with van der Waals surface area (Å²) in [6, 6.07) is 9.84. The van der Waals surface area contributed by atoms with Gasteiger partial charge in [0.05, 0.1) is 18.9 Å². The molecule has 77 heavy (non-hydrogen) atoms. The number of imide groups is 1. The van der Waals surface area contributed by atoms with Crippen molar-refractivity contribution in [2.45, 2.75) is 90.6 Å². The van der Waals surface area contributed by atoms with E-state index in [-0.39, 0.29) is 37.2 Å². The minimum atomic E-state index is -1.88. The predicted molar refractivity (Wildman–Crippen MR) is 272 cm³/mol. The number of aliphatic hydroxyl groups is 1. The van der Waals surface area contributed by atoms with Crippen molar-refractivity contribution in [1.82, 2.24) is 51.3 Å². The molecule has 0 radical (unpaired) electrons. The number of hydrogen-bond acceptors (Lipinski definition) is 12. The van der Waals surface area contributed by atoms with Gasteiger partial charge in [-0.3, -0.25) is 57.8 Å². The lowest BCUT2D eigenvalue weighted by Gasteiger charge is -2.41. The molecule has 24 heteroatoms. The van der Waals surface area contributed by atoms with Crippen LogP contribution in [0.2, 0.25) is 0 Å². The normalized spacial score (nSPS) is 14.1. The second-order valence-corrected chi connectivity index (χ2v) is 19.2. The fourth-order valence-corrected chi connectivity index (χ4v) is 8.34. The smallest absolute Gasteiger partial charge is 0.305 e. The van der Waals surface area contributed by atoms with E-state index in [1.165, 1.54) is 31.1 Å². The van der Waals surface area contributed by atoms with Crippen LogP contribution < -0.4 is 31.9 Å². The molecule has 0 unspecified atom stereocenters. The molecule has 3 heterocycles. The third kappa shape index (κ3) is 17.2. The van der Waals surface area contributed by atoms with Crippen LogP contribution in [0.15, 0.2) is 97.5 Å². The number of pyridine rings is 1. The largest absolute Gasteiger partial charge is 0.481 e. The molecule has 1 aliphatic heterocycles. The van der Waals surface area contributed by atoms with E-state index >= 15 is 4.39 Å². The summed E-state index contributed by atoms with van der Waals surface area (Å²) < 4.78 is 31.7. The number of carbonyl (C=O) groups is 10. The van der Waals surface area contributed by atoms with Crippen molar-refractivity contribution in [2.24, 2.45) is 5.41 Å². The first kappa shape index (κ1) is 59.2. The Morgan fingerprint density at radius 1 is 0.727 bits per heavy atom. The van der Waals surface area contributed by atoms with Crippen LogP contribution in [0.25, 0.3) is 11.1 Å². The first-order valence-corrected chi connectivity index (χ1v) is 24.4. The molecule has 0 spiro atoms. The number of aliphatic hydroxyl groups excluding tert-OH is 1. The average Bonchev–Trinajstić information content (AvgIpc) is 3.93. The van der Waals surface area contributed by atoms with E-state index in [4.69, 9.17) is 0 Å². The summed E-state index contributed by atoms with van der Waals surface area (Å²) in [5.41, 5.74) is 1.09. The van der Waals surface area contributed by atoms with Gasteiger partial charge < -0.3 is 51.6 Å². The van der Waals surface area contributed by atoms with Crippen LogP contribution in [-0.4, -0.2) is 146 Å². The van der Waals surface area contributed by atoms with Crippen LogP contribution in [0.4, 0.5) is 8.78 Å². The number of aromatic nitrogens is 2. The number of halogens is 2. The van der Waals surface area contributed by atoms with Gasteiger partial charge in [-0.2, -0.15) is 0 Å². The molecule has 2 aromatic carbocycles. The van der Waals surface area contributed by atoms with E-state index in [1.54, 1.807) is 61.9 Å². The molecule has 9 amide bonds. The molecule has 5 atom stereocenters. The van der Waals surface area contributed by atoms with Crippen LogP contribution in [0, 0.1) is 17.0 Å². The topological polar surface area (TPSA) is 308 Å². The molecule has 5 rings (SSSR count). The number of carboxylic acid groups (broad SMARTS) is 1. The Hall–Kier alpha value is -8.67. The average molecular weight is 1070 g/mol. The summed E-state index contributed by atoms with van der Waals surface area (Å²) in [6.07, 6.45) is 5.05. The van der Waals surface area contributed by atoms with Gasteiger partial charge in [0.1, 0.15) is 49.0 Å². The highest BCUT2D eigenvalue weighted by Gasteiger charge is 2.39. The van der Waals surface area contributed by atoms with E-state index in [2.05, 4.69) is 36.9 Å². The van der Waals surface area contributed by atoms with E-state index < -0.39 is 139 Å². The van der Waals surface area contributed by atoms with Gasteiger partial charge in [-0.05, 0) is 73.2 Å². The zero-order chi connectivity index (χ0) is 56.6. The molecule has 22 nitrogen and oxygen atoms in total. The zero-order valence-electron chi connectivity index (χ0n) is 43.0. The molecule has 0 fully saturated rings. The number of carboxylic acids is 1. The summed E-state index contributed by atoms with van der Waals surface area (Å²) in [6.45, 7) is 5.54. The van der Waals surface area contributed by atoms with Gasteiger partial charge in [-0.15, -0.1) is 0 Å². The van der Waals surface area contributed by atoms with E-state index in [0.29, 0.717) is 16.2 Å². The molecule has 0 saturated heterocycles. The monoisotopic (exact) mass is 1070 g/mol. The van der Waals surface area contributed by atoms with Gasteiger partial charge in [-0.25, -0.2) is 8.78 Å². The Balaban J connectivity index is 1.41. The molecule has 4 aromatic rings. The number of carbonyl (C=O) groups excluding carboxylic acids is 9. The molecule has 410 valence electrons. The zero-order valence-corrected chi connectivity index (χ0v) is 43.0. The first-order valence-electron chi connectivity index (χ1n) is 24.4. The van der Waals surface area contributed by atoms with Crippen LogP contribution in [-0.2, 0) is 60.9 Å². The minimum absolute atomic E-state index is 0.0714. The van der Waals surface area contributed by atoms with Crippen LogP contribution >= 0.6 is 0 Å². The SMILES string of the molecule is C[C@@H](NC(=O)Cc1ccncc1)C(=O)N[C@H](C)C(=O)N[C@@H](CC(=O)O)C(=O)N[C@@H](CCN(C(=O)CO)[C@@H](c1cc(-c2cc(F)ccc2F)cn1Cc1ccccc1)C(C)(C)C)C(=O)NCCNC(=O)CN1C(=O)C=CC1=O. The maximum Gasteiger partial charge on any atom is 0.305 e. The molecule has 0 bridgehead atoms. The minimum Gasteiger partial charge on any atom is -0.481 e. The predicted octanol–water partition coefficient (Wildman–Crippen LogP) is 1.03. The van der Waals surface area contributed by atoms with Crippen molar-refractivity contribution in [3.8, 4) is 11.1 Å². The quantitative estimate of drug-likeness (QED) is 0.0323. The highest BCUT2D eigenvalue weighted by atomic mass is 19.1. The van der Waals surface area contributed by atoms with Crippen LogP contribution in [0.5, 0.6) is 0 Å². The third-order valence-corrected chi connectivity index (χ3v) is 12.1. The Bertz CT molecular complexity index is 2840. The van der Waals surface area contributed by atoms with Gasteiger partial charge in [-0.1, -0.05) is 51.1 Å². The summed E-state index contributed by atoms with van der Waals surface area (Å²) in [5, 5.41) is 35.0. The van der Waals surface area contributed by atoms with Crippen LogP contribution in [0.1, 0.15) is 70.3 Å². The van der Waals surface area contributed by atoms with Gasteiger partial charge in [0.2, 0.25) is 41.4 Å². The molecular formula is C53H62F2N10O12. The van der Waals surface area contributed by atoms with Crippen molar-refractivity contribution in [3.63, 3.8) is 0 Å². The number of hydrogen-bond donors (Lipinski definition) is 8. The van der Waals surface area contributed by atoms with E-state index in [0.717, 1.165) is 35.9 Å². The van der Waals surface area contributed by atoms with Gasteiger partial charge in [0.15, 0.2) is 0 Å². The van der Waals surface area contributed by atoms with Crippen molar-refractivity contribution in [1.29, 1.82) is 0 Å². The molecule has 1 aliphatic rings. The second kappa shape index (κ2) is 27.2. The summed E-state index contributed by atoms with van der Waals surface area (Å²) in [7, 11) is 0. The molecule has 2 aromatic heterocycles. The van der Waals surface area contributed by atoms with Crippen molar-refractivity contribution < 1.29 is 66.9 Å². The first-order chi connectivity index (χ1) is 36.4. The lowest BCUT2D eigenvalue weighted by Crippen LogP contribution is -2.58. The number of nitrogens with one attached hydrogen (secondary N) is 6. The van der Waals surface area contributed by atoms with Gasteiger partial charge in [0.25, 0.3) is 11.8 Å². The Morgan fingerprint density at radius 2 is 1.35 bits per heavy atom. The molecule has 0 aliphatic carbocycles. The molecule has 0 saturated carbocycles. The van der Waals surface area contributed by atoms with Crippen molar-refractivity contribution in [2.75, 3.05) is 32.8 Å². The Labute approximate surface area is 442 Å². The maximum absolute atomic E-state index is 15.4. The lowest BCUT2D eigenvalue weighted by molar-refractivity contribution is -0.142. The number of amides is 9. The Morgan fingerprint density at radius 3 is 1.99 bits per heavy atom. The van der Waals surface area contributed by atoms with Crippen LogP contribution in [0.3, 0.4) is 0 Å². The standard InChI is InChI=1S/C53H62F2N10O12/c1-31(59-42(67)23-33-15-18-56-19-16-33)49(74)60-32(2)50(75)62-40(26-47(72)73)52(77)61-39(51(76)58-21-20-57-43(68)29-65-44(69)13-14-45(65)70)17-22-64(46(71)30-66)48(53(3,4)5)41-24-35(37-25-36(54)11-12-38(37)55)28-63(41)27-34-9-7-6-8-10-34/h6-16,18-19,24-25,28,31-32,39-40,48,66H,17,20-23,26-27,29-30H2,1-5H3,(H,57,68)(H,58,76)(H,59,67)(H,60,74)(H,61,77)(H,62,75)(H,72,73)/t31-,32-,39+,40+,48+/m1/s1. The van der Waals surface area contributed by atoms with E-state index in [1.807, 2.05) is 18.2 Å². The summed E-state index contributed by atoms with van der Waals surface area (Å²) in [4.78, 5) is 136. The van der Waals surface area contributed by atoms with E-state index in [9.17, 15) is 62.5 Å². The Kier molecular flexibility index (Phi) is 20.9. The van der Waals surface area contributed by atoms with Gasteiger partial charge in [0, 0.05) is 73.7 Å². The summed E-state index contributed by atoms with van der Waals surface area (Å²) in [5.74, 6) is -10.4. The fraction of sp³-hybridized carbons (Fsp3) is 0.377. The fourth-order valence-electron chi connectivity index (χ4n) is 8.34. The number of rotatable bonds is 26. The van der Waals surface area contributed by atoms with Gasteiger partial charge >= 0.3 is 5.97 Å². The molecule has 8 N–H and O–H groups in total. The second-order valence-electron chi connectivity index (χ2n) is 19.2. The highest BCUT2D eigenvalue weighted by Crippen LogP contribution is 2.41. The van der Waals surface area contributed by atoms with Crippen molar-refractivity contribution in [3.05, 3.63) is 126 Å². The highest BCUT2D eigenvalue weighted by molar-refractivity contribution is 6.14. The third-order valence-electron chi connectivity index (χ3n) is 12.1. The van der Waals surface area contributed by atoms with Crippen molar-refractivity contribution >= 4 is 59.1 Å². The number of aliphatic carboxylic acids is 1. The number of benzene rings is 2. The maximum atomic E-state index is 15.4. The molecular weight excluding hydrogens is 1010 g/mol. The lowest BCUT2D eigenvalue weighted by atomic mass is 9.82.